The van der Waals surface area contributed by atoms with Crippen LogP contribution in [0.3, 0.4) is 0 Å². The zero-order valence-corrected chi connectivity index (χ0v) is 18.4. The number of carbonyl (C=O) groups is 1. The van der Waals surface area contributed by atoms with E-state index in [0.29, 0.717) is 0 Å². The summed E-state index contributed by atoms with van der Waals surface area (Å²) >= 11 is 0. The quantitative estimate of drug-likeness (QED) is 0.351. The Morgan fingerprint density at radius 2 is 1.94 bits per heavy atom. The molecule has 2 heterocycles. The molecule has 0 fully saturated rings. The molecule has 190 valence electrons. The van der Waals surface area contributed by atoms with Crippen molar-refractivity contribution in [3.8, 4) is 17.3 Å². The Morgan fingerprint density at radius 1 is 1.22 bits per heavy atom. The van der Waals surface area contributed by atoms with E-state index in [2.05, 4.69) is 20.0 Å². The Kier molecular flexibility index (Phi) is 7.86. The smallest absolute Gasteiger partial charge is 0.422 e. The zero-order valence-electron chi connectivity index (χ0n) is 18.4. The summed E-state index contributed by atoms with van der Waals surface area (Å²) < 4.78 is 72.5. The lowest BCUT2D eigenvalue weighted by molar-refractivity contribution is -0.153. The molecule has 0 spiro atoms. The highest BCUT2D eigenvalue weighted by Crippen LogP contribution is 2.25. The van der Waals surface area contributed by atoms with Crippen LogP contribution in [-0.4, -0.2) is 39.8 Å². The number of nitrogens with two attached hydrogens (primary N) is 1. The van der Waals surface area contributed by atoms with Gasteiger partial charge in [-0.3, -0.25) is 14.2 Å². The third kappa shape index (κ3) is 6.55. The van der Waals surface area contributed by atoms with Crippen molar-refractivity contribution in [3.63, 3.8) is 0 Å². The summed E-state index contributed by atoms with van der Waals surface area (Å²) in [7, 11) is 0. The number of para-hydroxylation sites is 2. The number of ether oxygens (including phenoxy) is 2. The molecule has 1 aromatic carbocycles. The predicted molar refractivity (Wildman–Crippen MR) is 118 cm³/mol. The van der Waals surface area contributed by atoms with Crippen molar-refractivity contribution in [2.24, 2.45) is 5.73 Å². The van der Waals surface area contributed by atoms with Crippen LogP contribution in [-0.2, 0) is 4.79 Å². The summed E-state index contributed by atoms with van der Waals surface area (Å²) in [6.45, 7) is -3.17. The number of alkyl halides is 5. The highest BCUT2D eigenvalue weighted by atomic mass is 19.4. The Bertz CT molecular complexity index is 1320. The van der Waals surface area contributed by atoms with Gasteiger partial charge in [0, 0.05) is 18.5 Å². The zero-order chi connectivity index (χ0) is 26.5. The molecule has 0 aliphatic heterocycles. The summed E-state index contributed by atoms with van der Waals surface area (Å²) in [4.78, 5) is 33.7. The first-order valence-corrected chi connectivity index (χ1v) is 10.0. The molecule has 9 nitrogen and oxygen atoms in total. The summed E-state index contributed by atoms with van der Waals surface area (Å²) in [6, 6.07) is 7.84. The number of pyridine rings is 1. The van der Waals surface area contributed by atoms with Crippen LogP contribution < -0.4 is 26.1 Å². The molecular formula is C22H18F5N5O4. The Hall–Kier alpha value is -4.49. The minimum absolute atomic E-state index is 0.0194. The van der Waals surface area contributed by atoms with E-state index in [0.717, 1.165) is 23.0 Å². The Labute approximate surface area is 200 Å². The molecule has 0 saturated heterocycles. The van der Waals surface area contributed by atoms with Crippen molar-refractivity contribution in [1.29, 1.82) is 0 Å². The molecule has 0 unspecified atom stereocenters. The van der Waals surface area contributed by atoms with Crippen molar-refractivity contribution >= 4 is 17.2 Å². The molecule has 0 bridgehead atoms. The molecule has 1 amide bonds. The minimum Gasteiger partial charge on any atom is -0.482 e. The molecule has 0 aliphatic rings. The molecule has 2 aromatic heterocycles. The topological polar surface area (TPSA) is 121 Å². The van der Waals surface area contributed by atoms with Gasteiger partial charge in [0.15, 0.2) is 6.61 Å². The van der Waals surface area contributed by atoms with Gasteiger partial charge in [0.25, 0.3) is 11.5 Å². The van der Waals surface area contributed by atoms with Crippen LogP contribution in [0.1, 0.15) is 11.4 Å². The molecule has 3 rings (SSSR count). The predicted octanol–water partition coefficient (Wildman–Crippen LogP) is 3.42. The second kappa shape index (κ2) is 10.8. The highest BCUT2D eigenvalue weighted by molar-refractivity contribution is 6.24. The fraction of sp³-hybridized carbons (Fsp3) is 0.182. The number of aryl methyl sites for hydroxylation is 1. The maximum atomic E-state index is 13.2. The van der Waals surface area contributed by atoms with Gasteiger partial charge in [0.05, 0.1) is 28.8 Å². The largest absolute Gasteiger partial charge is 0.482 e. The Morgan fingerprint density at radius 3 is 2.56 bits per heavy atom. The highest BCUT2D eigenvalue weighted by Gasteiger charge is 2.29. The molecule has 36 heavy (non-hydrogen) atoms. The maximum absolute atomic E-state index is 13.2. The number of nitrogens with one attached hydrogen (secondary N) is 1. The van der Waals surface area contributed by atoms with Gasteiger partial charge >= 0.3 is 12.8 Å². The molecule has 0 aliphatic carbocycles. The maximum Gasteiger partial charge on any atom is 0.422 e. The monoisotopic (exact) mass is 511 g/mol. The van der Waals surface area contributed by atoms with Crippen LogP contribution in [0.25, 0.3) is 11.3 Å². The third-order valence-corrected chi connectivity index (χ3v) is 4.41. The first kappa shape index (κ1) is 26.1. The number of amides is 1. The van der Waals surface area contributed by atoms with Gasteiger partial charge in [0.2, 0.25) is 5.88 Å². The van der Waals surface area contributed by atoms with E-state index >= 15 is 0 Å². The second-order valence-electron chi connectivity index (χ2n) is 7.08. The molecular weight excluding hydrogens is 493 g/mol. The van der Waals surface area contributed by atoms with Crippen LogP contribution in [0.2, 0.25) is 0 Å². The summed E-state index contributed by atoms with van der Waals surface area (Å²) in [5.41, 5.74) is 4.25. The fourth-order valence-electron chi connectivity index (χ4n) is 2.98. The van der Waals surface area contributed by atoms with E-state index in [1.807, 2.05) is 0 Å². The summed E-state index contributed by atoms with van der Waals surface area (Å²) in [6.07, 6.45) is -1.47. The van der Waals surface area contributed by atoms with Crippen LogP contribution >= 0.6 is 0 Å². The van der Waals surface area contributed by atoms with Crippen molar-refractivity contribution < 1.29 is 36.2 Å². The molecule has 3 aromatic rings. The number of rotatable bonds is 8. The average molecular weight is 511 g/mol. The number of halogens is 5. The first-order chi connectivity index (χ1) is 17.0. The van der Waals surface area contributed by atoms with Crippen molar-refractivity contribution in [2.45, 2.75) is 19.7 Å². The average Bonchev–Trinajstić information content (AvgIpc) is 2.81. The molecule has 14 heteroatoms. The number of hydrogen-bond donors (Lipinski definition) is 2. The van der Waals surface area contributed by atoms with E-state index in [1.165, 1.54) is 43.5 Å². The lowest BCUT2D eigenvalue weighted by Crippen LogP contribution is -2.28. The third-order valence-electron chi connectivity index (χ3n) is 4.41. The van der Waals surface area contributed by atoms with Gasteiger partial charge in [-0.05, 0) is 25.1 Å². The van der Waals surface area contributed by atoms with E-state index in [4.69, 9.17) is 10.5 Å². The van der Waals surface area contributed by atoms with E-state index < -0.39 is 36.6 Å². The molecule has 0 radical (unpaired) electrons. The number of benzene rings is 1. The van der Waals surface area contributed by atoms with Crippen molar-refractivity contribution in [1.82, 2.24) is 14.5 Å². The number of carbonyl (C=O) groups excluding carboxylic acids is 1. The first-order valence-electron chi connectivity index (χ1n) is 10.0. The number of nitrogens with zero attached hydrogens (tertiary/aromatic N) is 3. The SMILES string of the molecule is Cc1cn(-c2ccccc2OCC(F)(F)F)c(=O)c(C(=CN)C(=O)Nc2ccc(OC(F)F)nc2)n1. The van der Waals surface area contributed by atoms with E-state index in [9.17, 15) is 31.5 Å². The van der Waals surface area contributed by atoms with Gasteiger partial charge in [-0.25, -0.2) is 9.97 Å². The van der Waals surface area contributed by atoms with Crippen molar-refractivity contribution in [3.05, 3.63) is 76.7 Å². The van der Waals surface area contributed by atoms with Crippen LogP contribution in [0, 0.1) is 6.92 Å². The fourth-order valence-corrected chi connectivity index (χ4v) is 2.98. The van der Waals surface area contributed by atoms with Gasteiger partial charge in [-0.1, -0.05) is 12.1 Å². The lowest BCUT2D eigenvalue weighted by atomic mass is 10.1. The summed E-state index contributed by atoms with van der Waals surface area (Å²) in [5, 5.41) is 2.40. The molecule has 0 saturated carbocycles. The van der Waals surface area contributed by atoms with Gasteiger partial charge in [-0.15, -0.1) is 0 Å². The van der Waals surface area contributed by atoms with Crippen LogP contribution in [0.15, 0.2) is 59.8 Å². The molecule has 3 N–H and O–H groups in total. The van der Waals surface area contributed by atoms with Crippen LogP contribution in [0.4, 0.5) is 27.6 Å². The van der Waals surface area contributed by atoms with E-state index in [1.54, 1.807) is 0 Å². The molecule has 0 atom stereocenters. The Balaban J connectivity index is 1.94. The number of aromatic nitrogens is 3. The summed E-state index contributed by atoms with van der Waals surface area (Å²) in [5.74, 6) is -1.49. The van der Waals surface area contributed by atoms with Gasteiger partial charge in [-0.2, -0.15) is 22.0 Å². The standard InChI is InChI=1S/C22H18F5N5O4/c1-12-10-32(15-4-2-3-5-16(15)35-11-22(25,26)27)20(34)18(30-12)14(8-28)19(33)31-13-6-7-17(29-9-13)36-21(23)24/h2-10,21H,11,28H2,1H3,(H,31,33). The van der Waals surface area contributed by atoms with Crippen LogP contribution in [0.5, 0.6) is 11.6 Å². The number of hydrogen-bond acceptors (Lipinski definition) is 7. The lowest BCUT2D eigenvalue weighted by Gasteiger charge is -2.16. The van der Waals surface area contributed by atoms with Gasteiger partial charge in [0.1, 0.15) is 11.4 Å². The normalized spacial score (nSPS) is 11.9. The minimum atomic E-state index is -4.61. The van der Waals surface area contributed by atoms with Crippen molar-refractivity contribution in [2.75, 3.05) is 11.9 Å². The second-order valence-corrected chi connectivity index (χ2v) is 7.08. The van der Waals surface area contributed by atoms with Gasteiger partial charge < -0.3 is 20.5 Å². The number of anilines is 1. The van der Waals surface area contributed by atoms with E-state index in [-0.39, 0.29) is 34.3 Å².